The van der Waals surface area contributed by atoms with Crippen molar-refractivity contribution in [1.82, 2.24) is 0 Å². The van der Waals surface area contributed by atoms with E-state index in [1.54, 1.807) is 6.07 Å². The number of carbonyl (C=O) groups is 1. The number of aryl methyl sites for hydroxylation is 1. The van der Waals surface area contributed by atoms with Gasteiger partial charge in [0.05, 0.1) is 16.3 Å². The fourth-order valence-electron chi connectivity index (χ4n) is 2.45. The zero-order valence-electron chi connectivity index (χ0n) is 14.6. The lowest BCUT2D eigenvalue weighted by Crippen LogP contribution is -2.39. The molecule has 1 amide bonds. The van der Waals surface area contributed by atoms with Crippen LogP contribution in [-0.4, -0.2) is 11.9 Å². The molecule has 0 aliphatic carbocycles. The molecule has 0 aromatic heterocycles. The van der Waals surface area contributed by atoms with Gasteiger partial charge in [-0.1, -0.05) is 37.6 Å². The van der Waals surface area contributed by atoms with E-state index in [2.05, 4.69) is 10.6 Å². The number of rotatable bonds is 5. The molecule has 0 radical (unpaired) electrons. The van der Waals surface area contributed by atoms with Crippen molar-refractivity contribution in [3.05, 3.63) is 58.6 Å². The normalized spacial score (nSPS) is 12.8. The molecule has 0 heterocycles. The lowest BCUT2D eigenvalue weighted by molar-refractivity contribution is -0.137. The lowest BCUT2D eigenvalue weighted by Gasteiger charge is -2.24. The van der Waals surface area contributed by atoms with Crippen LogP contribution in [0.5, 0.6) is 0 Å². The maximum atomic E-state index is 12.8. The SMILES string of the molecule is Cc1cccc(NC(=O)[C@@H](Nc2ccc(C(F)(F)F)cc2Cl)C(C)C)c1. The van der Waals surface area contributed by atoms with Crippen molar-refractivity contribution in [2.24, 2.45) is 5.92 Å². The van der Waals surface area contributed by atoms with Crippen LogP contribution >= 0.6 is 11.6 Å². The number of anilines is 2. The van der Waals surface area contributed by atoms with Gasteiger partial charge in [-0.3, -0.25) is 4.79 Å². The molecule has 3 nitrogen and oxygen atoms in total. The number of alkyl halides is 3. The molecule has 0 bridgehead atoms. The summed E-state index contributed by atoms with van der Waals surface area (Å²) >= 11 is 5.98. The highest BCUT2D eigenvalue weighted by Gasteiger charge is 2.31. The number of hydrogen-bond donors (Lipinski definition) is 2. The van der Waals surface area contributed by atoms with E-state index in [4.69, 9.17) is 11.6 Å². The van der Waals surface area contributed by atoms with Crippen molar-refractivity contribution in [2.45, 2.75) is 33.0 Å². The van der Waals surface area contributed by atoms with Crippen LogP contribution in [0.2, 0.25) is 5.02 Å². The van der Waals surface area contributed by atoms with E-state index in [9.17, 15) is 18.0 Å². The Morgan fingerprint density at radius 1 is 1.12 bits per heavy atom. The van der Waals surface area contributed by atoms with Gasteiger partial charge >= 0.3 is 6.18 Å². The van der Waals surface area contributed by atoms with Crippen molar-refractivity contribution >= 4 is 28.9 Å². The Morgan fingerprint density at radius 2 is 1.81 bits per heavy atom. The monoisotopic (exact) mass is 384 g/mol. The second kappa shape index (κ2) is 7.99. The second-order valence-electron chi connectivity index (χ2n) is 6.42. The summed E-state index contributed by atoms with van der Waals surface area (Å²) in [5, 5.41) is 5.67. The molecule has 140 valence electrons. The highest BCUT2D eigenvalue weighted by Crippen LogP contribution is 2.34. The van der Waals surface area contributed by atoms with Crippen LogP contribution in [0.15, 0.2) is 42.5 Å². The Balaban J connectivity index is 2.19. The first-order valence-electron chi connectivity index (χ1n) is 8.08. The molecule has 7 heteroatoms. The molecule has 26 heavy (non-hydrogen) atoms. The number of nitrogens with one attached hydrogen (secondary N) is 2. The van der Waals surface area contributed by atoms with Crippen molar-refractivity contribution in [3.8, 4) is 0 Å². The summed E-state index contributed by atoms with van der Waals surface area (Å²) in [5.74, 6) is -0.403. The van der Waals surface area contributed by atoms with Gasteiger partial charge in [0.2, 0.25) is 5.91 Å². The standard InChI is InChI=1S/C19H20ClF3N2O/c1-11(2)17(18(26)24-14-6-4-5-12(3)9-14)25-16-8-7-13(10-15(16)20)19(21,22)23/h4-11,17,25H,1-3H3,(H,24,26)/t17-/m0/s1. The minimum atomic E-state index is -4.47. The van der Waals surface area contributed by atoms with Gasteiger partial charge in [0, 0.05) is 5.69 Å². The van der Waals surface area contributed by atoms with E-state index in [0.29, 0.717) is 5.69 Å². The average molecular weight is 385 g/mol. The molecule has 0 spiro atoms. The molecular weight excluding hydrogens is 365 g/mol. The van der Waals surface area contributed by atoms with E-state index in [0.717, 1.165) is 17.7 Å². The number of halogens is 4. The third-order valence-electron chi connectivity index (χ3n) is 3.84. The van der Waals surface area contributed by atoms with E-state index >= 15 is 0 Å². The Morgan fingerprint density at radius 3 is 2.35 bits per heavy atom. The number of carbonyl (C=O) groups excluding carboxylic acids is 1. The van der Waals surface area contributed by atoms with Gasteiger partial charge in [-0.25, -0.2) is 0 Å². The van der Waals surface area contributed by atoms with Crippen LogP contribution in [-0.2, 0) is 11.0 Å². The topological polar surface area (TPSA) is 41.1 Å². The summed E-state index contributed by atoms with van der Waals surface area (Å²) < 4.78 is 38.3. The highest BCUT2D eigenvalue weighted by atomic mass is 35.5. The Kier molecular flexibility index (Phi) is 6.18. The number of benzene rings is 2. The van der Waals surface area contributed by atoms with E-state index < -0.39 is 17.8 Å². The number of hydrogen-bond acceptors (Lipinski definition) is 2. The third kappa shape index (κ3) is 5.14. The fraction of sp³-hybridized carbons (Fsp3) is 0.316. The summed E-state index contributed by atoms with van der Waals surface area (Å²) in [6.07, 6.45) is -4.47. The largest absolute Gasteiger partial charge is 0.416 e. The van der Waals surface area contributed by atoms with Gasteiger partial charge in [0.25, 0.3) is 0 Å². The third-order valence-corrected chi connectivity index (χ3v) is 4.15. The van der Waals surface area contributed by atoms with Crippen molar-refractivity contribution in [1.29, 1.82) is 0 Å². The maximum absolute atomic E-state index is 12.8. The number of amides is 1. The minimum Gasteiger partial charge on any atom is -0.372 e. The zero-order chi connectivity index (χ0) is 19.5. The van der Waals surface area contributed by atoms with Crippen molar-refractivity contribution in [3.63, 3.8) is 0 Å². The maximum Gasteiger partial charge on any atom is 0.416 e. The van der Waals surface area contributed by atoms with Crippen LogP contribution in [0.1, 0.15) is 25.0 Å². The summed E-state index contributed by atoms with van der Waals surface area (Å²) in [7, 11) is 0. The Bertz CT molecular complexity index is 791. The quantitative estimate of drug-likeness (QED) is 0.689. The van der Waals surface area contributed by atoms with Gasteiger partial charge in [-0.05, 0) is 48.7 Å². The summed E-state index contributed by atoms with van der Waals surface area (Å²) in [6, 6.07) is 9.70. The fourth-order valence-corrected chi connectivity index (χ4v) is 2.69. The van der Waals surface area contributed by atoms with E-state index in [-0.39, 0.29) is 22.5 Å². The average Bonchev–Trinajstić information content (AvgIpc) is 2.52. The highest BCUT2D eigenvalue weighted by molar-refractivity contribution is 6.33. The van der Waals surface area contributed by atoms with Crippen molar-refractivity contribution in [2.75, 3.05) is 10.6 Å². The van der Waals surface area contributed by atoms with Gasteiger partial charge in [0.15, 0.2) is 0 Å². The molecule has 2 N–H and O–H groups in total. The van der Waals surface area contributed by atoms with Crippen molar-refractivity contribution < 1.29 is 18.0 Å². The molecule has 2 aromatic rings. The van der Waals surface area contributed by atoms with Crippen LogP contribution in [0.25, 0.3) is 0 Å². The molecule has 0 saturated carbocycles. The summed E-state index contributed by atoms with van der Waals surface area (Å²) in [6.45, 7) is 5.59. The van der Waals surface area contributed by atoms with Crippen LogP contribution in [0, 0.1) is 12.8 Å². The lowest BCUT2D eigenvalue weighted by atomic mass is 10.0. The van der Waals surface area contributed by atoms with E-state index in [1.165, 1.54) is 6.07 Å². The van der Waals surface area contributed by atoms with Gasteiger partial charge in [-0.15, -0.1) is 0 Å². The van der Waals surface area contributed by atoms with Crippen LogP contribution < -0.4 is 10.6 Å². The first kappa shape index (κ1) is 20.1. The Labute approximate surface area is 155 Å². The molecule has 0 unspecified atom stereocenters. The molecule has 0 fully saturated rings. The minimum absolute atomic E-state index is 0.0890. The molecule has 2 rings (SSSR count). The smallest absolute Gasteiger partial charge is 0.372 e. The zero-order valence-corrected chi connectivity index (χ0v) is 15.4. The van der Waals surface area contributed by atoms with Gasteiger partial charge in [0.1, 0.15) is 6.04 Å². The van der Waals surface area contributed by atoms with Gasteiger partial charge in [-0.2, -0.15) is 13.2 Å². The predicted octanol–water partition coefficient (Wildman–Crippen LogP) is 5.74. The predicted molar refractivity (Wildman–Crippen MR) is 98.5 cm³/mol. The van der Waals surface area contributed by atoms with Crippen LogP contribution in [0.4, 0.5) is 24.5 Å². The van der Waals surface area contributed by atoms with E-state index in [1.807, 2.05) is 39.0 Å². The molecule has 1 atom stereocenters. The molecular formula is C19H20ClF3N2O. The first-order chi connectivity index (χ1) is 12.1. The molecule has 2 aromatic carbocycles. The molecule has 0 aliphatic rings. The Hall–Kier alpha value is -2.21. The van der Waals surface area contributed by atoms with Gasteiger partial charge < -0.3 is 10.6 Å². The molecule has 0 aliphatic heterocycles. The molecule has 0 saturated heterocycles. The first-order valence-corrected chi connectivity index (χ1v) is 8.46. The summed E-state index contributed by atoms with van der Waals surface area (Å²) in [4.78, 5) is 12.6. The van der Waals surface area contributed by atoms with Crippen LogP contribution in [0.3, 0.4) is 0 Å². The second-order valence-corrected chi connectivity index (χ2v) is 6.82. The summed E-state index contributed by atoms with van der Waals surface area (Å²) in [5.41, 5.74) is 1.10.